The van der Waals surface area contributed by atoms with Gasteiger partial charge in [0.1, 0.15) is 0 Å². The Hall–Kier alpha value is -0.130. The maximum absolute atomic E-state index is 11.4. The van der Waals surface area contributed by atoms with Crippen molar-refractivity contribution in [1.82, 2.24) is 4.72 Å². The van der Waals surface area contributed by atoms with Crippen LogP contribution in [-0.4, -0.2) is 25.8 Å². The Labute approximate surface area is 72.6 Å². The normalized spacial score (nSPS) is 27.1. The van der Waals surface area contributed by atoms with Crippen LogP contribution in [0, 0.1) is 0 Å². The summed E-state index contributed by atoms with van der Waals surface area (Å²) in [6, 6.07) is 0. The molecular formula is C7H14N2O2S. The highest BCUT2D eigenvalue weighted by molar-refractivity contribution is 7.90. The smallest absolute Gasteiger partial charge is 0.215 e. The number of hydrogen-bond acceptors (Lipinski definition) is 3. The Bertz CT molecular complexity index is 278. The summed E-state index contributed by atoms with van der Waals surface area (Å²) in [5.74, 6) is 0. The lowest BCUT2D eigenvalue weighted by Crippen LogP contribution is -2.43. The summed E-state index contributed by atoms with van der Waals surface area (Å²) in [5, 5.41) is -0.124. The minimum atomic E-state index is -3.02. The van der Waals surface area contributed by atoms with Crippen molar-refractivity contribution < 1.29 is 8.42 Å². The Morgan fingerprint density at radius 2 is 2.00 bits per heavy atom. The first-order chi connectivity index (χ1) is 5.58. The van der Waals surface area contributed by atoms with Crippen LogP contribution >= 0.6 is 0 Å². The molecule has 2 saturated carbocycles. The molecule has 2 fully saturated rings. The van der Waals surface area contributed by atoms with Crippen molar-refractivity contribution in [3.8, 4) is 0 Å². The molecule has 12 heavy (non-hydrogen) atoms. The molecule has 0 unspecified atom stereocenters. The van der Waals surface area contributed by atoms with Gasteiger partial charge < -0.3 is 5.73 Å². The average Bonchev–Trinajstić information content (AvgIpc) is 2.83. The Morgan fingerprint density at radius 1 is 1.42 bits per heavy atom. The largest absolute Gasteiger partial charge is 0.329 e. The molecule has 0 aliphatic heterocycles. The van der Waals surface area contributed by atoms with Gasteiger partial charge in [-0.15, -0.1) is 0 Å². The predicted octanol–water partition coefficient (Wildman–Crippen LogP) is -0.441. The molecule has 3 N–H and O–H groups in total. The SMILES string of the molecule is NCC1(NS(=O)(=O)C2CC2)CC1. The monoisotopic (exact) mass is 190 g/mol. The summed E-state index contributed by atoms with van der Waals surface area (Å²) in [6.45, 7) is 0.430. The molecule has 2 aliphatic rings. The molecule has 2 aliphatic carbocycles. The minimum Gasteiger partial charge on any atom is -0.329 e. The highest BCUT2D eigenvalue weighted by atomic mass is 32.2. The molecule has 2 rings (SSSR count). The van der Waals surface area contributed by atoms with E-state index in [0.717, 1.165) is 25.7 Å². The lowest BCUT2D eigenvalue weighted by molar-refractivity contribution is 0.543. The highest BCUT2D eigenvalue weighted by Crippen LogP contribution is 2.37. The molecular weight excluding hydrogens is 176 g/mol. The predicted molar refractivity (Wildman–Crippen MR) is 46.1 cm³/mol. The zero-order valence-corrected chi connectivity index (χ0v) is 7.73. The van der Waals surface area contributed by atoms with E-state index in [1.54, 1.807) is 0 Å². The van der Waals surface area contributed by atoms with E-state index in [1.807, 2.05) is 0 Å². The van der Waals surface area contributed by atoms with Crippen LogP contribution in [0.25, 0.3) is 0 Å². The molecule has 5 heteroatoms. The van der Waals surface area contributed by atoms with Gasteiger partial charge in [-0.2, -0.15) is 0 Å². The van der Waals surface area contributed by atoms with Gasteiger partial charge in [0, 0.05) is 12.1 Å². The van der Waals surface area contributed by atoms with Gasteiger partial charge in [0.15, 0.2) is 0 Å². The summed E-state index contributed by atoms with van der Waals surface area (Å²) < 4.78 is 25.6. The maximum atomic E-state index is 11.4. The Balaban J connectivity index is 2.02. The fourth-order valence-corrected chi connectivity index (χ4v) is 3.08. The number of hydrogen-bond donors (Lipinski definition) is 2. The zero-order valence-electron chi connectivity index (χ0n) is 6.91. The lowest BCUT2D eigenvalue weighted by atomic mass is 10.3. The van der Waals surface area contributed by atoms with Crippen molar-refractivity contribution in [2.24, 2.45) is 5.73 Å². The second kappa shape index (κ2) is 2.43. The Kier molecular flexibility index (Phi) is 1.72. The van der Waals surface area contributed by atoms with E-state index in [9.17, 15) is 8.42 Å². The van der Waals surface area contributed by atoms with Crippen molar-refractivity contribution in [3.63, 3.8) is 0 Å². The third kappa shape index (κ3) is 1.48. The molecule has 0 atom stereocenters. The Morgan fingerprint density at radius 3 is 2.33 bits per heavy atom. The van der Waals surface area contributed by atoms with Crippen molar-refractivity contribution in [3.05, 3.63) is 0 Å². The number of rotatable bonds is 4. The number of nitrogens with one attached hydrogen (secondary N) is 1. The van der Waals surface area contributed by atoms with Crippen LogP contribution < -0.4 is 10.5 Å². The van der Waals surface area contributed by atoms with Crippen molar-refractivity contribution in [2.45, 2.75) is 36.5 Å². The molecule has 0 bridgehead atoms. The summed E-state index contributed by atoms with van der Waals surface area (Å²) >= 11 is 0. The first-order valence-electron chi connectivity index (χ1n) is 4.31. The number of sulfonamides is 1. The van der Waals surface area contributed by atoms with Gasteiger partial charge in [-0.3, -0.25) is 0 Å². The second-order valence-electron chi connectivity index (χ2n) is 3.83. The van der Waals surface area contributed by atoms with Gasteiger partial charge >= 0.3 is 0 Å². The molecule has 0 radical (unpaired) electrons. The van der Waals surface area contributed by atoms with Gasteiger partial charge in [-0.05, 0) is 25.7 Å². The van der Waals surface area contributed by atoms with Crippen LogP contribution in [0.1, 0.15) is 25.7 Å². The standard InChI is InChI=1S/C7H14N2O2S/c8-5-7(3-4-7)9-12(10,11)6-1-2-6/h6,9H,1-5,8H2. The summed E-state index contributed by atoms with van der Waals surface area (Å²) in [4.78, 5) is 0. The van der Waals surface area contributed by atoms with Gasteiger partial charge in [0.25, 0.3) is 0 Å². The third-order valence-electron chi connectivity index (χ3n) is 2.57. The quantitative estimate of drug-likeness (QED) is 0.631. The third-order valence-corrected chi connectivity index (χ3v) is 4.63. The molecule has 70 valence electrons. The second-order valence-corrected chi connectivity index (χ2v) is 5.79. The fourth-order valence-electron chi connectivity index (χ4n) is 1.26. The van der Waals surface area contributed by atoms with E-state index >= 15 is 0 Å². The van der Waals surface area contributed by atoms with E-state index in [1.165, 1.54) is 0 Å². The van der Waals surface area contributed by atoms with Crippen LogP contribution in [0.3, 0.4) is 0 Å². The van der Waals surface area contributed by atoms with Crippen LogP contribution in [0.5, 0.6) is 0 Å². The molecule has 0 saturated heterocycles. The van der Waals surface area contributed by atoms with E-state index in [0.29, 0.717) is 6.54 Å². The maximum Gasteiger partial charge on any atom is 0.215 e. The van der Waals surface area contributed by atoms with Crippen molar-refractivity contribution >= 4 is 10.0 Å². The molecule has 4 nitrogen and oxygen atoms in total. The summed E-state index contributed by atoms with van der Waals surface area (Å²) in [5.41, 5.74) is 5.21. The fraction of sp³-hybridized carbons (Fsp3) is 1.00. The molecule has 0 aromatic heterocycles. The van der Waals surface area contributed by atoms with Gasteiger partial charge in [0.05, 0.1) is 5.25 Å². The molecule has 0 aromatic carbocycles. The van der Waals surface area contributed by atoms with Gasteiger partial charge in [0.2, 0.25) is 10.0 Å². The zero-order chi connectivity index (χ0) is 8.82. The first kappa shape index (κ1) is 8.47. The average molecular weight is 190 g/mol. The topological polar surface area (TPSA) is 72.2 Å². The van der Waals surface area contributed by atoms with E-state index in [4.69, 9.17) is 5.73 Å². The van der Waals surface area contributed by atoms with Crippen molar-refractivity contribution in [2.75, 3.05) is 6.54 Å². The molecule has 0 spiro atoms. The molecule has 0 amide bonds. The van der Waals surface area contributed by atoms with Gasteiger partial charge in [-0.25, -0.2) is 13.1 Å². The van der Waals surface area contributed by atoms with Crippen LogP contribution in [0.15, 0.2) is 0 Å². The molecule has 0 heterocycles. The van der Waals surface area contributed by atoms with Crippen LogP contribution in [0.2, 0.25) is 0 Å². The van der Waals surface area contributed by atoms with Crippen LogP contribution in [-0.2, 0) is 10.0 Å². The summed E-state index contributed by atoms with van der Waals surface area (Å²) in [6.07, 6.45) is 3.43. The van der Waals surface area contributed by atoms with E-state index < -0.39 is 10.0 Å². The van der Waals surface area contributed by atoms with Crippen molar-refractivity contribution in [1.29, 1.82) is 0 Å². The van der Waals surface area contributed by atoms with E-state index in [-0.39, 0.29) is 10.8 Å². The molecule has 0 aromatic rings. The minimum absolute atomic E-state index is 0.124. The first-order valence-corrected chi connectivity index (χ1v) is 5.85. The van der Waals surface area contributed by atoms with Gasteiger partial charge in [-0.1, -0.05) is 0 Å². The number of nitrogens with two attached hydrogens (primary N) is 1. The summed E-state index contributed by atoms with van der Waals surface area (Å²) in [7, 11) is -3.02. The van der Waals surface area contributed by atoms with Crippen LogP contribution in [0.4, 0.5) is 0 Å². The van der Waals surface area contributed by atoms with E-state index in [2.05, 4.69) is 4.72 Å². The highest BCUT2D eigenvalue weighted by Gasteiger charge is 2.48. The lowest BCUT2D eigenvalue weighted by Gasteiger charge is -2.14.